The Kier molecular flexibility index (Phi) is 5.46. The highest BCUT2D eigenvalue weighted by atomic mass is 35.5. The lowest BCUT2D eigenvalue weighted by Crippen LogP contribution is -2.35. The van der Waals surface area contributed by atoms with Crippen molar-refractivity contribution in [1.29, 1.82) is 0 Å². The van der Waals surface area contributed by atoms with Gasteiger partial charge < -0.3 is 10.6 Å². The summed E-state index contributed by atoms with van der Waals surface area (Å²) in [4.78, 5) is 29.4. The maximum absolute atomic E-state index is 12.6. The van der Waals surface area contributed by atoms with Crippen LogP contribution < -0.4 is 16.2 Å². The molecular formula is C20H21ClN4O2. The molecule has 3 rings (SSSR count). The first-order valence-corrected chi connectivity index (χ1v) is 9.09. The van der Waals surface area contributed by atoms with Crippen LogP contribution in [0.25, 0.3) is 10.9 Å². The summed E-state index contributed by atoms with van der Waals surface area (Å²) in [5, 5.41) is 6.59. The van der Waals surface area contributed by atoms with E-state index < -0.39 is 6.04 Å². The van der Waals surface area contributed by atoms with E-state index in [0.29, 0.717) is 27.4 Å². The third kappa shape index (κ3) is 4.11. The fourth-order valence-electron chi connectivity index (χ4n) is 2.90. The van der Waals surface area contributed by atoms with E-state index in [1.165, 1.54) is 10.1 Å². The molecule has 2 amide bonds. The molecule has 0 aliphatic rings. The molecule has 3 aromatic rings. The normalized spacial score (nSPS) is 12.0. The minimum Gasteiger partial charge on any atom is -0.328 e. The van der Waals surface area contributed by atoms with Crippen LogP contribution in [0.3, 0.4) is 0 Å². The number of nitrogens with zero attached hydrogens (tertiary/aromatic N) is 2. The molecule has 0 aliphatic carbocycles. The summed E-state index contributed by atoms with van der Waals surface area (Å²) in [7, 11) is 1.64. The van der Waals surface area contributed by atoms with Crippen LogP contribution in [0.1, 0.15) is 31.3 Å². The number of aromatic nitrogens is 2. The Balaban J connectivity index is 1.80. The monoisotopic (exact) mass is 384 g/mol. The molecule has 0 spiro atoms. The number of nitrogens with one attached hydrogen (secondary N) is 2. The second-order valence-electron chi connectivity index (χ2n) is 6.37. The highest BCUT2D eigenvalue weighted by Gasteiger charge is 2.17. The van der Waals surface area contributed by atoms with E-state index in [0.717, 1.165) is 6.42 Å². The molecule has 2 N–H and O–H groups in total. The van der Waals surface area contributed by atoms with Crippen molar-refractivity contribution in [3.05, 3.63) is 69.2 Å². The van der Waals surface area contributed by atoms with Crippen LogP contribution in [0.5, 0.6) is 0 Å². The predicted molar refractivity (Wildman–Crippen MR) is 108 cm³/mol. The van der Waals surface area contributed by atoms with Crippen LogP contribution in [-0.2, 0) is 13.5 Å². The number of halogens is 1. The van der Waals surface area contributed by atoms with Gasteiger partial charge in [0, 0.05) is 17.8 Å². The molecule has 1 heterocycles. The van der Waals surface area contributed by atoms with Crippen molar-refractivity contribution >= 4 is 34.2 Å². The number of urea groups is 1. The Morgan fingerprint density at radius 3 is 2.59 bits per heavy atom. The average Bonchev–Trinajstić information content (AvgIpc) is 2.65. The number of fused-ring (bicyclic) bond motifs is 1. The maximum atomic E-state index is 12.6. The molecule has 0 bridgehead atoms. The van der Waals surface area contributed by atoms with Crippen molar-refractivity contribution in [2.24, 2.45) is 7.05 Å². The molecule has 0 unspecified atom stereocenters. The third-order valence-electron chi connectivity index (χ3n) is 4.43. The molecule has 7 heteroatoms. The molecule has 1 atom stereocenters. The Bertz CT molecular complexity index is 1040. The highest BCUT2D eigenvalue weighted by molar-refractivity contribution is 6.31. The lowest BCUT2D eigenvalue weighted by atomic mass is 10.1. The summed E-state index contributed by atoms with van der Waals surface area (Å²) in [6, 6.07) is 11.8. The van der Waals surface area contributed by atoms with Crippen molar-refractivity contribution in [1.82, 2.24) is 14.9 Å². The summed E-state index contributed by atoms with van der Waals surface area (Å²) in [6.45, 7) is 3.85. The van der Waals surface area contributed by atoms with E-state index in [4.69, 9.17) is 11.6 Å². The van der Waals surface area contributed by atoms with Gasteiger partial charge in [0.2, 0.25) is 0 Å². The fourth-order valence-corrected chi connectivity index (χ4v) is 3.07. The molecule has 0 saturated carbocycles. The molecule has 6 nitrogen and oxygen atoms in total. The second-order valence-corrected chi connectivity index (χ2v) is 6.80. The topological polar surface area (TPSA) is 76.0 Å². The minimum atomic E-state index is -0.471. The summed E-state index contributed by atoms with van der Waals surface area (Å²) in [5.41, 5.74) is 2.22. The Morgan fingerprint density at radius 2 is 1.93 bits per heavy atom. The van der Waals surface area contributed by atoms with Gasteiger partial charge in [0.1, 0.15) is 5.82 Å². The Hall–Kier alpha value is -2.86. The summed E-state index contributed by atoms with van der Waals surface area (Å²) in [6.07, 6.45) is 0.940. The van der Waals surface area contributed by atoms with Crippen LogP contribution in [-0.4, -0.2) is 15.6 Å². The summed E-state index contributed by atoms with van der Waals surface area (Å²) >= 11 is 6.01. The van der Waals surface area contributed by atoms with E-state index in [9.17, 15) is 9.59 Å². The van der Waals surface area contributed by atoms with Crippen LogP contribution >= 0.6 is 11.6 Å². The van der Waals surface area contributed by atoms with Gasteiger partial charge in [0.25, 0.3) is 5.56 Å². The Labute approximate surface area is 162 Å². The quantitative estimate of drug-likeness (QED) is 0.713. The molecule has 140 valence electrons. The summed E-state index contributed by atoms with van der Waals surface area (Å²) < 4.78 is 1.44. The molecule has 0 radical (unpaired) electrons. The standard InChI is InChI=1S/C20H21ClN4O2/c1-4-13-5-8-15(9-6-13)23-20(27)22-12(2)18-24-17-11-14(21)7-10-16(17)19(26)25(18)3/h5-12H,4H2,1-3H3,(H2,22,23,27)/t12-/m0/s1. The van der Waals surface area contributed by atoms with Gasteiger partial charge in [0.05, 0.1) is 16.9 Å². The number of amides is 2. The van der Waals surface area contributed by atoms with Gasteiger partial charge in [-0.1, -0.05) is 30.7 Å². The number of hydrogen-bond acceptors (Lipinski definition) is 3. The number of rotatable bonds is 4. The zero-order valence-corrected chi connectivity index (χ0v) is 16.2. The first-order valence-electron chi connectivity index (χ1n) is 8.71. The molecule has 0 aliphatic heterocycles. The van der Waals surface area contributed by atoms with Crippen LogP contribution in [0.15, 0.2) is 47.3 Å². The number of carbonyl (C=O) groups excluding carboxylic acids is 1. The fraction of sp³-hybridized carbons (Fsp3) is 0.250. The maximum Gasteiger partial charge on any atom is 0.319 e. The zero-order valence-electron chi connectivity index (χ0n) is 15.4. The van der Waals surface area contributed by atoms with Crippen molar-refractivity contribution in [3.63, 3.8) is 0 Å². The molecular weight excluding hydrogens is 364 g/mol. The minimum absolute atomic E-state index is 0.184. The molecule has 0 saturated heterocycles. The molecule has 1 aromatic heterocycles. The largest absolute Gasteiger partial charge is 0.328 e. The van der Waals surface area contributed by atoms with Crippen molar-refractivity contribution in [2.75, 3.05) is 5.32 Å². The number of aryl methyl sites for hydroxylation is 1. The van der Waals surface area contributed by atoms with Gasteiger partial charge in [0.15, 0.2) is 0 Å². The predicted octanol–water partition coefficient (Wildman–Crippen LogP) is 4.03. The van der Waals surface area contributed by atoms with Crippen molar-refractivity contribution in [3.8, 4) is 0 Å². The van der Waals surface area contributed by atoms with E-state index in [-0.39, 0.29) is 11.6 Å². The van der Waals surface area contributed by atoms with Gasteiger partial charge in [-0.15, -0.1) is 0 Å². The van der Waals surface area contributed by atoms with Crippen molar-refractivity contribution in [2.45, 2.75) is 26.3 Å². The van der Waals surface area contributed by atoms with E-state index in [1.54, 1.807) is 32.2 Å². The Morgan fingerprint density at radius 1 is 1.22 bits per heavy atom. The lowest BCUT2D eigenvalue weighted by molar-refractivity contribution is 0.248. The van der Waals surface area contributed by atoms with Crippen LogP contribution in [0.2, 0.25) is 5.02 Å². The SMILES string of the molecule is CCc1ccc(NC(=O)N[C@@H](C)c2nc3cc(Cl)ccc3c(=O)n2C)cc1. The number of benzene rings is 2. The smallest absolute Gasteiger partial charge is 0.319 e. The molecule has 27 heavy (non-hydrogen) atoms. The first kappa shape index (κ1) is 18.9. The molecule has 0 fully saturated rings. The first-order chi connectivity index (χ1) is 12.9. The number of anilines is 1. The second kappa shape index (κ2) is 7.80. The van der Waals surface area contributed by atoms with Gasteiger partial charge in [-0.05, 0) is 49.2 Å². The van der Waals surface area contributed by atoms with E-state index in [2.05, 4.69) is 22.5 Å². The number of carbonyl (C=O) groups is 1. The molecule has 2 aromatic carbocycles. The van der Waals surface area contributed by atoms with Crippen LogP contribution in [0.4, 0.5) is 10.5 Å². The van der Waals surface area contributed by atoms with Crippen molar-refractivity contribution < 1.29 is 4.79 Å². The number of hydrogen-bond donors (Lipinski definition) is 2. The van der Waals surface area contributed by atoms with E-state index in [1.807, 2.05) is 24.3 Å². The van der Waals surface area contributed by atoms with Gasteiger partial charge in [-0.25, -0.2) is 9.78 Å². The van der Waals surface area contributed by atoms with Gasteiger partial charge >= 0.3 is 6.03 Å². The highest BCUT2D eigenvalue weighted by Crippen LogP contribution is 2.18. The van der Waals surface area contributed by atoms with Gasteiger partial charge in [-0.3, -0.25) is 9.36 Å². The lowest BCUT2D eigenvalue weighted by Gasteiger charge is -2.17. The van der Waals surface area contributed by atoms with E-state index >= 15 is 0 Å². The van der Waals surface area contributed by atoms with Crippen LogP contribution in [0, 0.1) is 0 Å². The summed E-state index contributed by atoms with van der Waals surface area (Å²) in [5.74, 6) is 0.450. The average molecular weight is 385 g/mol. The van der Waals surface area contributed by atoms with Gasteiger partial charge in [-0.2, -0.15) is 0 Å². The third-order valence-corrected chi connectivity index (χ3v) is 4.66. The zero-order chi connectivity index (χ0) is 19.6.